The SMILES string of the molecule is O=C(COC(=O)CSc1ncnc2sccc12)NCCc1ccccc1. The van der Waals surface area contributed by atoms with Crippen molar-refractivity contribution in [1.29, 1.82) is 0 Å². The van der Waals surface area contributed by atoms with Crippen LogP contribution >= 0.6 is 23.1 Å². The molecule has 2 aromatic heterocycles. The second-order valence-corrected chi connectivity index (χ2v) is 7.21. The molecule has 0 saturated heterocycles. The standard InChI is InChI=1S/C18H17N3O3S2/c22-15(19-8-6-13-4-2-1-3-5-13)10-24-16(23)11-26-18-14-7-9-25-17(14)20-12-21-18/h1-5,7,9,12H,6,8,10-11H2,(H,19,22). The lowest BCUT2D eigenvalue weighted by atomic mass is 10.1. The van der Waals surface area contributed by atoms with E-state index >= 15 is 0 Å². The van der Waals surface area contributed by atoms with Gasteiger partial charge in [-0.05, 0) is 23.4 Å². The largest absolute Gasteiger partial charge is 0.455 e. The first-order valence-electron chi connectivity index (χ1n) is 7.99. The second kappa shape index (κ2) is 9.30. The smallest absolute Gasteiger partial charge is 0.316 e. The van der Waals surface area contributed by atoms with E-state index in [1.165, 1.54) is 29.4 Å². The Morgan fingerprint density at radius 1 is 1.15 bits per heavy atom. The van der Waals surface area contributed by atoms with E-state index in [1.807, 2.05) is 41.8 Å². The number of fused-ring (bicyclic) bond motifs is 1. The first kappa shape index (κ1) is 18.3. The molecule has 1 aromatic carbocycles. The van der Waals surface area contributed by atoms with Crippen LogP contribution in [0.4, 0.5) is 0 Å². The Morgan fingerprint density at radius 3 is 2.85 bits per heavy atom. The summed E-state index contributed by atoms with van der Waals surface area (Å²) in [5.41, 5.74) is 1.14. The average molecular weight is 387 g/mol. The molecule has 3 aromatic rings. The van der Waals surface area contributed by atoms with Gasteiger partial charge in [-0.2, -0.15) is 0 Å². The number of carbonyl (C=O) groups excluding carboxylic acids is 2. The van der Waals surface area contributed by atoms with Crippen LogP contribution < -0.4 is 5.32 Å². The van der Waals surface area contributed by atoms with Crippen molar-refractivity contribution in [3.05, 3.63) is 53.7 Å². The van der Waals surface area contributed by atoms with Gasteiger partial charge in [0.25, 0.3) is 5.91 Å². The number of ether oxygens (including phenoxy) is 1. The molecule has 0 aliphatic heterocycles. The zero-order chi connectivity index (χ0) is 18.2. The van der Waals surface area contributed by atoms with Crippen molar-refractivity contribution in [1.82, 2.24) is 15.3 Å². The summed E-state index contributed by atoms with van der Waals surface area (Å²) >= 11 is 2.80. The number of carbonyl (C=O) groups is 2. The number of benzene rings is 1. The molecule has 8 heteroatoms. The molecule has 2 heterocycles. The summed E-state index contributed by atoms with van der Waals surface area (Å²) < 4.78 is 5.01. The fourth-order valence-electron chi connectivity index (χ4n) is 2.24. The normalized spacial score (nSPS) is 10.6. The highest BCUT2D eigenvalue weighted by molar-refractivity contribution is 8.00. The van der Waals surface area contributed by atoms with E-state index in [4.69, 9.17) is 4.74 Å². The predicted octanol–water partition coefficient (Wildman–Crippen LogP) is 2.69. The van der Waals surface area contributed by atoms with Gasteiger partial charge in [-0.3, -0.25) is 9.59 Å². The highest BCUT2D eigenvalue weighted by Gasteiger charge is 2.11. The van der Waals surface area contributed by atoms with Gasteiger partial charge < -0.3 is 10.1 Å². The van der Waals surface area contributed by atoms with Gasteiger partial charge in [-0.25, -0.2) is 9.97 Å². The predicted molar refractivity (Wildman–Crippen MR) is 102 cm³/mol. The topological polar surface area (TPSA) is 81.2 Å². The maximum Gasteiger partial charge on any atom is 0.316 e. The summed E-state index contributed by atoms with van der Waals surface area (Å²) in [6.07, 6.45) is 2.22. The zero-order valence-corrected chi connectivity index (χ0v) is 15.5. The third kappa shape index (κ3) is 5.27. The van der Waals surface area contributed by atoms with Crippen molar-refractivity contribution >= 4 is 45.2 Å². The fraction of sp³-hybridized carbons (Fsp3) is 0.222. The van der Waals surface area contributed by atoms with Crippen LogP contribution in [0.1, 0.15) is 5.56 Å². The zero-order valence-electron chi connectivity index (χ0n) is 13.9. The number of thioether (sulfide) groups is 1. The van der Waals surface area contributed by atoms with E-state index in [0.29, 0.717) is 6.54 Å². The number of aromatic nitrogens is 2. The molecular weight excluding hydrogens is 370 g/mol. The molecule has 134 valence electrons. The van der Waals surface area contributed by atoms with E-state index in [1.54, 1.807) is 0 Å². The Kier molecular flexibility index (Phi) is 6.56. The monoisotopic (exact) mass is 387 g/mol. The van der Waals surface area contributed by atoms with Crippen molar-refractivity contribution in [2.45, 2.75) is 11.4 Å². The van der Waals surface area contributed by atoms with Crippen molar-refractivity contribution in [2.24, 2.45) is 0 Å². The van der Waals surface area contributed by atoms with Crippen LogP contribution in [-0.2, 0) is 20.7 Å². The lowest BCUT2D eigenvalue weighted by Crippen LogP contribution is -2.30. The van der Waals surface area contributed by atoms with E-state index in [2.05, 4.69) is 15.3 Å². The van der Waals surface area contributed by atoms with Gasteiger partial charge in [-0.1, -0.05) is 42.1 Å². The van der Waals surface area contributed by atoms with Crippen LogP contribution in [0.2, 0.25) is 0 Å². The summed E-state index contributed by atoms with van der Waals surface area (Å²) in [5.74, 6) is -0.657. The number of hydrogen-bond acceptors (Lipinski definition) is 7. The fourth-order valence-corrected chi connectivity index (χ4v) is 3.82. The molecule has 26 heavy (non-hydrogen) atoms. The van der Waals surface area contributed by atoms with Gasteiger partial charge in [0.05, 0.1) is 5.75 Å². The lowest BCUT2D eigenvalue weighted by Gasteiger charge is -2.07. The summed E-state index contributed by atoms with van der Waals surface area (Å²) in [4.78, 5) is 32.8. The second-order valence-electron chi connectivity index (χ2n) is 5.35. The number of thiophene rings is 1. The highest BCUT2D eigenvalue weighted by Crippen LogP contribution is 2.27. The summed E-state index contributed by atoms with van der Waals surface area (Å²) in [6, 6.07) is 11.8. The summed E-state index contributed by atoms with van der Waals surface area (Å²) in [7, 11) is 0. The maximum absolute atomic E-state index is 11.8. The molecule has 6 nitrogen and oxygen atoms in total. The number of amides is 1. The Labute approximate surface area is 159 Å². The van der Waals surface area contributed by atoms with Gasteiger partial charge in [-0.15, -0.1) is 11.3 Å². The first-order chi connectivity index (χ1) is 12.7. The Morgan fingerprint density at radius 2 is 2.00 bits per heavy atom. The molecule has 3 rings (SSSR count). The molecule has 0 saturated carbocycles. The van der Waals surface area contributed by atoms with Crippen LogP contribution in [0, 0.1) is 0 Å². The van der Waals surface area contributed by atoms with Crippen LogP contribution in [0.15, 0.2) is 53.1 Å². The quantitative estimate of drug-likeness (QED) is 0.364. The molecule has 0 fully saturated rings. The van der Waals surface area contributed by atoms with Crippen molar-refractivity contribution < 1.29 is 14.3 Å². The number of hydrogen-bond donors (Lipinski definition) is 1. The van der Waals surface area contributed by atoms with Crippen LogP contribution in [-0.4, -0.2) is 40.7 Å². The third-order valence-electron chi connectivity index (χ3n) is 3.49. The molecule has 0 bridgehead atoms. The van der Waals surface area contributed by atoms with Gasteiger partial charge in [0.15, 0.2) is 6.61 Å². The van der Waals surface area contributed by atoms with Gasteiger partial charge in [0.2, 0.25) is 0 Å². The minimum absolute atomic E-state index is 0.0965. The average Bonchev–Trinajstić information content (AvgIpc) is 3.15. The van der Waals surface area contributed by atoms with Crippen molar-refractivity contribution in [3.63, 3.8) is 0 Å². The Hall–Kier alpha value is -2.45. The van der Waals surface area contributed by atoms with E-state index in [0.717, 1.165) is 27.2 Å². The molecule has 0 spiro atoms. The molecule has 0 aliphatic rings. The highest BCUT2D eigenvalue weighted by atomic mass is 32.2. The van der Waals surface area contributed by atoms with Gasteiger partial charge in [0.1, 0.15) is 16.2 Å². The molecule has 0 radical (unpaired) electrons. The van der Waals surface area contributed by atoms with E-state index in [9.17, 15) is 9.59 Å². The lowest BCUT2D eigenvalue weighted by molar-refractivity contribution is -0.145. The third-order valence-corrected chi connectivity index (χ3v) is 5.29. The van der Waals surface area contributed by atoms with E-state index < -0.39 is 5.97 Å². The number of esters is 1. The van der Waals surface area contributed by atoms with Gasteiger partial charge in [0, 0.05) is 11.9 Å². The van der Waals surface area contributed by atoms with Crippen molar-refractivity contribution in [3.8, 4) is 0 Å². The summed E-state index contributed by atoms with van der Waals surface area (Å²) in [6.45, 7) is 0.234. The van der Waals surface area contributed by atoms with E-state index in [-0.39, 0.29) is 18.3 Å². The Bertz CT molecular complexity index is 884. The Balaban J connectivity index is 1.36. The molecule has 0 unspecified atom stereocenters. The minimum atomic E-state index is -0.449. The molecule has 1 N–H and O–H groups in total. The molecule has 1 amide bonds. The molecule has 0 aliphatic carbocycles. The maximum atomic E-state index is 11.8. The van der Waals surface area contributed by atoms with Crippen LogP contribution in [0.3, 0.4) is 0 Å². The number of rotatable bonds is 8. The number of nitrogens with zero attached hydrogens (tertiary/aromatic N) is 2. The van der Waals surface area contributed by atoms with Crippen molar-refractivity contribution in [2.75, 3.05) is 18.9 Å². The van der Waals surface area contributed by atoms with Crippen LogP contribution in [0.25, 0.3) is 10.2 Å². The van der Waals surface area contributed by atoms with Crippen LogP contribution in [0.5, 0.6) is 0 Å². The molecule has 0 atom stereocenters. The number of nitrogens with one attached hydrogen (secondary N) is 1. The molecular formula is C18H17N3O3S2. The summed E-state index contributed by atoms with van der Waals surface area (Å²) in [5, 5.41) is 6.33. The minimum Gasteiger partial charge on any atom is -0.455 e. The first-order valence-corrected chi connectivity index (χ1v) is 9.86. The van der Waals surface area contributed by atoms with Gasteiger partial charge >= 0.3 is 5.97 Å².